The number of hydrogen-bond acceptors (Lipinski definition) is 3. The van der Waals surface area contributed by atoms with Crippen molar-refractivity contribution in [3.8, 4) is 11.3 Å². The van der Waals surface area contributed by atoms with Crippen LogP contribution in [0.15, 0.2) is 85.1 Å². The highest BCUT2D eigenvalue weighted by molar-refractivity contribution is 5.79. The Hall–Kier alpha value is -3.46. The second-order valence-electron chi connectivity index (χ2n) is 6.95. The lowest BCUT2D eigenvalue weighted by Gasteiger charge is -2.26. The third kappa shape index (κ3) is 3.52. The Morgan fingerprint density at radius 1 is 0.679 bits per heavy atom. The van der Waals surface area contributed by atoms with Gasteiger partial charge in [-0.2, -0.15) is 0 Å². The van der Waals surface area contributed by atoms with Gasteiger partial charge in [-0.1, -0.05) is 42.5 Å². The lowest BCUT2D eigenvalue weighted by molar-refractivity contribution is 1.06. The molecule has 3 nitrogen and oxygen atoms in total. The van der Waals surface area contributed by atoms with Crippen molar-refractivity contribution in [3.05, 3.63) is 102 Å². The van der Waals surface area contributed by atoms with E-state index in [9.17, 15) is 0 Å². The minimum atomic E-state index is 0.940. The number of benzene rings is 3. The van der Waals surface area contributed by atoms with Gasteiger partial charge in [-0.25, -0.2) is 0 Å². The Labute approximate surface area is 166 Å². The molecule has 1 aromatic heterocycles. The van der Waals surface area contributed by atoms with Crippen molar-refractivity contribution in [2.45, 2.75) is 20.8 Å². The van der Waals surface area contributed by atoms with Gasteiger partial charge in [0, 0.05) is 28.8 Å². The van der Waals surface area contributed by atoms with Crippen LogP contribution < -0.4 is 4.90 Å². The molecule has 4 rings (SSSR count). The highest BCUT2D eigenvalue weighted by atomic mass is 15.1. The minimum absolute atomic E-state index is 0.940. The van der Waals surface area contributed by atoms with Crippen LogP contribution in [0.2, 0.25) is 0 Å². The monoisotopic (exact) mass is 365 g/mol. The summed E-state index contributed by atoms with van der Waals surface area (Å²) in [4.78, 5) is 11.5. The van der Waals surface area contributed by atoms with Crippen LogP contribution in [-0.4, -0.2) is 9.97 Å². The fraction of sp³-hybridized carbons (Fsp3) is 0.120. The maximum Gasteiger partial charge on any atom is 0.0917 e. The van der Waals surface area contributed by atoms with E-state index < -0.39 is 0 Å². The van der Waals surface area contributed by atoms with Crippen molar-refractivity contribution in [1.82, 2.24) is 9.97 Å². The third-order valence-electron chi connectivity index (χ3n) is 4.82. The number of hydrogen-bond donors (Lipinski definition) is 0. The maximum atomic E-state index is 4.62. The van der Waals surface area contributed by atoms with Crippen LogP contribution >= 0.6 is 0 Å². The van der Waals surface area contributed by atoms with Gasteiger partial charge in [-0.05, 0) is 62.7 Å². The molecule has 3 aromatic carbocycles. The Morgan fingerprint density at radius 2 is 1.29 bits per heavy atom. The standard InChI is InChI=1S/C25H23N3/c1-18-16-23(14-15-24(18)25-20(3)27-19(2)17-26-25)28(21-10-6-4-7-11-21)22-12-8-5-9-13-22/h4-17H,1-3H3. The molecule has 0 saturated carbocycles. The minimum Gasteiger partial charge on any atom is -0.310 e. The van der Waals surface area contributed by atoms with E-state index in [1.165, 1.54) is 5.56 Å². The predicted octanol–water partition coefficient (Wildman–Crippen LogP) is 6.54. The molecule has 0 spiro atoms. The summed E-state index contributed by atoms with van der Waals surface area (Å²) in [6.45, 7) is 6.12. The molecular formula is C25H23N3. The molecule has 0 unspecified atom stereocenters. The summed E-state index contributed by atoms with van der Waals surface area (Å²) in [7, 11) is 0. The number of para-hydroxylation sites is 2. The van der Waals surface area contributed by atoms with Gasteiger partial charge in [-0.15, -0.1) is 0 Å². The molecule has 0 amide bonds. The lowest BCUT2D eigenvalue weighted by Crippen LogP contribution is -2.10. The topological polar surface area (TPSA) is 29.0 Å². The summed E-state index contributed by atoms with van der Waals surface area (Å²) in [5.41, 5.74) is 8.52. The van der Waals surface area contributed by atoms with Crippen molar-refractivity contribution >= 4 is 17.1 Å². The van der Waals surface area contributed by atoms with Crippen LogP contribution in [0.5, 0.6) is 0 Å². The van der Waals surface area contributed by atoms with E-state index in [1.807, 2.05) is 32.2 Å². The predicted molar refractivity (Wildman–Crippen MR) is 116 cm³/mol. The molecule has 0 saturated heterocycles. The molecule has 28 heavy (non-hydrogen) atoms. The van der Waals surface area contributed by atoms with E-state index in [-0.39, 0.29) is 0 Å². The molecule has 0 fully saturated rings. The van der Waals surface area contributed by atoms with Crippen LogP contribution in [0.4, 0.5) is 17.1 Å². The SMILES string of the molecule is Cc1cnc(-c2ccc(N(c3ccccc3)c3ccccc3)cc2C)c(C)n1. The van der Waals surface area contributed by atoms with Gasteiger partial charge in [0.05, 0.1) is 17.1 Å². The fourth-order valence-electron chi connectivity index (χ4n) is 3.52. The molecule has 138 valence electrons. The summed E-state index contributed by atoms with van der Waals surface area (Å²) in [6, 6.07) is 27.4. The molecule has 0 aliphatic heterocycles. The second-order valence-corrected chi connectivity index (χ2v) is 6.95. The zero-order valence-corrected chi connectivity index (χ0v) is 16.4. The Kier molecular flexibility index (Phi) is 4.90. The molecule has 0 atom stereocenters. The smallest absolute Gasteiger partial charge is 0.0917 e. The fourth-order valence-corrected chi connectivity index (χ4v) is 3.52. The molecule has 1 heterocycles. The first-order valence-electron chi connectivity index (χ1n) is 9.45. The summed E-state index contributed by atoms with van der Waals surface area (Å²) in [6.07, 6.45) is 1.83. The molecule has 0 radical (unpaired) electrons. The number of anilines is 3. The highest BCUT2D eigenvalue weighted by Gasteiger charge is 2.14. The van der Waals surface area contributed by atoms with E-state index in [1.54, 1.807) is 0 Å². The second kappa shape index (κ2) is 7.65. The maximum absolute atomic E-state index is 4.62. The van der Waals surface area contributed by atoms with Gasteiger partial charge < -0.3 is 4.90 Å². The zero-order valence-electron chi connectivity index (χ0n) is 16.4. The van der Waals surface area contributed by atoms with Crippen molar-refractivity contribution < 1.29 is 0 Å². The highest BCUT2D eigenvalue weighted by Crippen LogP contribution is 2.36. The Balaban J connectivity index is 1.81. The van der Waals surface area contributed by atoms with E-state index in [0.717, 1.165) is 39.7 Å². The van der Waals surface area contributed by atoms with Crippen LogP contribution in [0.25, 0.3) is 11.3 Å². The van der Waals surface area contributed by atoms with Crippen molar-refractivity contribution in [1.29, 1.82) is 0 Å². The van der Waals surface area contributed by atoms with Crippen LogP contribution in [0.3, 0.4) is 0 Å². The third-order valence-corrected chi connectivity index (χ3v) is 4.82. The van der Waals surface area contributed by atoms with Crippen LogP contribution in [-0.2, 0) is 0 Å². The lowest BCUT2D eigenvalue weighted by atomic mass is 10.0. The Bertz CT molecular complexity index is 1050. The molecule has 0 aliphatic rings. The number of nitrogens with zero attached hydrogens (tertiary/aromatic N) is 3. The quantitative estimate of drug-likeness (QED) is 0.411. The van der Waals surface area contributed by atoms with E-state index in [4.69, 9.17) is 0 Å². The molecule has 0 aliphatic carbocycles. The molecule has 0 bridgehead atoms. The largest absolute Gasteiger partial charge is 0.310 e. The van der Waals surface area contributed by atoms with E-state index in [0.29, 0.717) is 0 Å². The Morgan fingerprint density at radius 3 is 1.82 bits per heavy atom. The summed E-state index contributed by atoms with van der Waals surface area (Å²) in [5, 5.41) is 0. The summed E-state index contributed by atoms with van der Waals surface area (Å²) >= 11 is 0. The molecule has 4 aromatic rings. The summed E-state index contributed by atoms with van der Waals surface area (Å²) in [5.74, 6) is 0. The van der Waals surface area contributed by atoms with Crippen molar-refractivity contribution in [2.24, 2.45) is 0 Å². The zero-order chi connectivity index (χ0) is 19.5. The van der Waals surface area contributed by atoms with E-state index in [2.05, 4.69) is 88.5 Å². The first kappa shape index (κ1) is 17.9. The van der Waals surface area contributed by atoms with Gasteiger partial charge in [0.2, 0.25) is 0 Å². The van der Waals surface area contributed by atoms with Crippen molar-refractivity contribution in [3.63, 3.8) is 0 Å². The molecule has 0 N–H and O–H groups in total. The van der Waals surface area contributed by atoms with E-state index >= 15 is 0 Å². The van der Waals surface area contributed by atoms with Gasteiger partial charge in [0.15, 0.2) is 0 Å². The first-order chi connectivity index (χ1) is 13.6. The number of rotatable bonds is 4. The van der Waals surface area contributed by atoms with Crippen LogP contribution in [0, 0.1) is 20.8 Å². The van der Waals surface area contributed by atoms with Gasteiger partial charge in [-0.3, -0.25) is 9.97 Å². The average Bonchev–Trinajstić information content (AvgIpc) is 2.71. The molecular weight excluding hydrogens is 342 g/mol. The molecule has 3 heteroatoms. The number of aryl methyl sites for hydroxylation is 3. The van der Waals surface area contributed by atoms with Gasteiger partial charge in [0.1, 0.15) is 0 Å². The van der Waals surface area contributed by atoms with Gasteiger partial charge in [0.25, 0.3) is 0 Å². The van der Waals surface area contributed by atoms with Gasteiger partial charge >= 0.3 is 0 Å². The normalized spacial score (nSPS) is 10.7. The summed E-state index contributed by atoms with van der Waals surface area (Å²) < 4.78 is 0. The average molecular weight is 365 g/mol. The number of aromatic nitrogens is 2. The van der Waals surface area contributed by atoms with Crippen molar-refractivity contribution in [2.75, 3.05) is 4.90 Å². The first-order valence-corrected chi connectivity index (χ1v) is 9.45. The van der Waals surface area contributed by atoms with Crippen LogP contribution in [0.1, 0.15) is 17.0 Å².